The van der Waals surface area contributed by atoms with Gasteiger partial charge in [-0.2, -0.15) is 0 Å². The van der Waals surface area contributed by atoms with Gasteiger partial charge in [-0.05, 0) is 26.7 Å². The van der Waals surface area contributed by atoms with Gasteiger partial charge in [0.1, 0.15) is 5.76 Å². The van der Waals surface area contributed by atoms with E-state index in [-0.39, 0.29) is 5.91 Å². The molecule has 1 aromatic rings. The molecule has 0 radical (unpaired) electrons. The summed E-state index contributed by atoms with van der Waals surface area (Å²) in [5.74, 6) is 0.847. The average Bonchev–Trinajstić information content (AvgIpc) is 2.59. The Morgan fingerprint density at radius 3 is 2.50 bits per heavy atom. The molecule has 4 heteroatoms. The van der Waals surface area contributed by atoms with Crippen LogP contribution in [0.4, 0.5) is 0 Å². The van der Waals surface area contributed by atoms with Gasteiger partial charge in [-0.3, -0.25) is 4.79 Å². The highest BCUT2D eigenvalue weighted by Gasteiger charge is 2.17. The SMILES string of the molecule is Cc1noc(C)c1CC(=O)NC1CCCCCC1. The highest BCUT2D eigenvalue weighted by Crippen LogP contribution is 2.18. The molecular formula is C14H22N2O2. The molecule has 0 aliphatic heterocycles. The van der Waals surface area contributed by atoms with E-state index < -0.39 is 0 Å². The van der Waals surface area contributed by atoms with Crippen LogP contribution in [-0.4, -0.2) is 17.1 Å². The predicted octanol–water partition coefficient (Wildman–Crippen LogP) is 2.67. The number of nitrogens with one attached hydrogen (secondary N) is 1. The van der Waals surface area contributed by atoms with E-state index in [0.717, 1.165) is 29.9 Å². The van der Waals surface area contributed by atoms with E-state index in [9.17, 15) is 4.79 Å². The summed E-state index contributed by atoms with van der Waals surface area (Å²) in [5.41, 5.74) is 1.75. The van der Waals surface area contributed by atoms with E-state index in [1.807, 2.05) is 13.8 Å². The van der Waals surface area contributed by atoms with E-state index in [1.165, 1.54) is 25.7 Å². The zero-order chi connectivity index (χ0) is 13.0. The Bertz CT molecular complexity index is 384. The van der Waals surface area contributed by atoms with Crippen LogP contribution in [-0.2, 0) is 11.2 Å². The lowest BCUT2D eigenvalue weighted by Crippen LogP contribution is -2.35. The Labute approximate surface area is 108 Å². The van der Waals surface area contributed by atoms with Crippen molar-refractivity contribution in [3.05, 3.63) is 17.0 Å². The molecule has 0 saturated heterocycles. The van der Waals surface area contributed by atoms with Crippen LogP contribution in [0.1, 0.15) is 55.5 Å². The van der Waals surface area contributed by atoms with Crippen LogP contribution in [0.3, 0.4) is 0 Å². The third kappa shape index (κ3) is 3.34. The van der Waals surface area contributed by atoms with Crippen LogP contribution < -0.4 is 5.32 Å². The molecule has 1 aliphatic carbocycles. The molecule has 100 valence electrons. The van der Waals surface area contributed by atoms with Crippen molar-refractivity contribution in [2.45, 2.75) is 64.8 Å². The Hall–Kier alpha value is -1.32. The molecule has 0 aromatic carbocycles. The lowest BCUT2D eigenvalue weighted by molar-refractivity contribution is -0.121. The minimum atomic E-state index is 0.0938. The van der Waals surface area contributed by atoms with Crippen LogP contribution in [0.25, 0.3) is 0 Å². The van der Waals surface area contributed by atoms with E-state index in [1.54, 1.807) is 0 Å². The van der Waals surface area contributed by atoms with Gasteiger partial charge in [-0.15, -0.1) is 0 Å². The summed E-state index contributed by atoms with van der Waals surface area (Å²) in [6.07, 6.45) is 7.69. The fraction of sp³-hybridized carbons (Fsp3) is 0.714. The molecule has 0 spiro atoms. The minimum absolute atomic E-state index is 0.0938. The monoisotopic (exact) mass is 250 g/mol. The van der Waals surface area contributed by atoms with Crippen molar-refractivity contribution < 1.29 is 9.32 Å². The first-order valence-electron chi connectivity index (χ1n) is 6.88. The fourth-order valence-corrected chi connectivity index (χ4v) is 2.62. The van der Waals surface area contributed by atoms with Gasteiger partial charge in [0.05, 0.1) is 12.1 Å². The molecule has 1 amide bonds. The number of amides is 1. The minimum Gasteiger partial charge on any atom is -0.361 e. The molecule has 1 heterocycles. The Morgan fingerprint density at radius 2 is 1.94 bits per heavy atom. The van der Waals surface area contributed by atoms with Crippen molar-refractivity contribution in [2.24, 2.45) is 0 Å². The lowest BCUT2D eigenvalue weighted by Gasteiger charge is -2.16. The summed E-state index contributed by atoms with van der Waals surface area (Å²) >= 11 is 0. The van der Waals surface area contributed by atoms with Gasteiger partial charge in [0.2, 0.25) is 5.91 Å². The Morgan fingerprint density at radius 1 is 1.28 bits per heavy atom. The summed E-state index contributed by atoms with van der Waals surface area (Å²) in [6.45, 7) is 3.74. The highest BCUT2D eigenvalue weighted by molar-refractivity contribution is 5.79. The van der Waals surface area contributed by atoms with Crippen molar-refractivity contribution in [3.63, 3.8) is 0 Å². The van der Waals surface area contributed by atoms with Gasteiger partial charge >= 0.3 is 0 Å². The van der Waals surface area contributed by atoms with Crippen LogP contribution in [0.15, 0.2) is 4.52 Å². The van der Waals surface area contributed by atoms with Crippen molar-refractivity contribution in [2.75, 3.05) is 0 Å². The summed E-state index contributed by atoms with van der Waals surface area (Å²) < 4.78 is 5.08. The second kappa shape index (κ2) is 6.03. The van der Waals surface area contributed by atoms with Crippen LogP contribution in [0.2, 0.25) is 0 Å². The number of nitrogens with zero attached hydrogens (tertiary/aromatic N) is 1. The van der Waals surface area contributed by atoms with E-state index in [0.29, 0.717) is 12.5 Å². The standard InChI is InChI=1S/C14H22N2O2/c1-10-13(11(2)18-16-10)9-14(17)15-12-7-5-3-4-6-8-12/h12H,3-9H2,1-2H3,(H,15,17). The number of aryl methyl sites for hydroxylation is 2. The third-order valence-electron chi connectivity index (χ3n) is 3.74. The van der Waals surface area contributed by atoms with E-state index in [4.69, 9.17) is 4.52 Å². The first-order chi connectivity index (χ1) is 8.66. The molecular weight excluding hydrogens is 228 g/mol. The van der Waals surface area contributed by atoms with E-state index >= 15 is 0 Å². The van der Waals surface area contributed by atoms with Crippen molar-refractivity contribution in [3.8, 4) is 0 Å². The van der Waals surface area contributed by atoms with Crippen molar-refractivity contribution in [1.29, 1.82) is 0 Å². The maximum atomic E-state index is 12.0. The molecule has 0 unspecified atom stereocenters. The number of rotatable bonds is 3. The van der Waals surface area contributed by atoms with Gasteiger partial charge in [0.15, 0.2) is 0 Å². The van der Waals surface area contributed by atoms with Gasteiger partial charge in [-0.25, -0.2) is 0 Å². The Kier molecular flexibility index (Phi) is 4.39. The number of carbonyl (C=O) groups excluding carboxylic acids is 1. The molecule has 0 bridgehead atoms. The van der Waals surface area contributed by atoms with Crippen LogP contribution >= 0.6 is 0 Å². The number of carbonyl (C=O) groups is 1. The summed E-state index contributed by atoms with van der Waals surface area (Å²) in [6, 6.07) is 0.362. The largest absolute Gasteiger partial charge is 0.361 e. The highest BCUT2D eigenvalue weighted by atomic mass is 16.5. The van der Waals surface area contributed by atoms with Crippen LogP contribution in [0.5, 0.6) is 0 Å². The number of hydrogen-bond acceptors (Lipinski definition) is 3. The molecule has 1 aromatic heterocycles. The normalized spacial score (nSPS) is 17.4. The second-order valence-corrected chi connectivity index (χ2v) is 5.24. The summed E-state index contributed by atoms with van der Waals surface area (Å²) in [7, 11) is 0. The maximum Gasteiger partial charge on any atom is 0.224 e. The molecule has 4 nitrogen and oxygen atoms in total. The average molecular weight is 250 g/mol. The smallest absolute Gasteiger partial charge is 0.224 e. The molecule has 1 N–H and O–H groups in total. The summed E-state index contributed by atoms with van der Waals surface area (Å²) in [4.78, 5) is 12.0. The second-order valence-electron chi connectivity index (χ2n) is 5.24. The summed E-state index contributed by atoms with van der Waals surface area (Å²) in [5, 5.41) is 7.02. The quantitative estimate of drug-likeness (QED) is 0.839. The van der Waals surface area contributed by atoms with Gasteiger partial charge < -0.3 is 9.84 Å². The lowest BCUT2D eigenvalue weighted by atomic mass is 10.1. The molecule has 2 rings (SSSR count). The Balaban J connectivity index is 1.88. The van der Waals surface area contributed by atoms with E-state index in [2.05, 4.69) is 10.5 Å². The first kappa shape index (κ1) is 13.1. The maximum absolute atomic E-state index is 12.0. The van der Waals surface area contributed by atoms with Gasteiger partial charge in [0, 0.05) is 11.6 Å². The molecule has 0 atom stereocenters. The predicted molar refractivity (Wildman–Crippen MR) is 69.3 cm³/mol. The molecule has 18 heavy (non-hydrogen) atoms. The van der Waals surface area contributed by atoms with Gasteiger partial charge in [-0.1, -0.05) is 30.8 Å². The molecule has 1 saturated carbocycles. The molecule has 1 fully saturated rings. The van der Waals surface area contributed by atoms with Crippen molar-refractivity contribution >= 4 is 5.91 Å². The molecule has 1 aliphatic rings. The number of aromatic nitrogens is 1. The van der Waals surface area contributed by atoms with Crippen molar-refractivity contribution in [1.82, 2.24) is 10.5 Å². The van der Waals surface area contributed by atoms with Crippen LogP contribution in [0, 0.1) is 13.8 Å². The zero-order valence-electron chi connectivity index (χ0n) is 11.3. The van der Waals surface area contributed by atoms with Gasteiger partial charge in [0.25, 0.3) is 0 Å². The fourth-order valence-electron chi connectivity index (χ4n) is 2.62. The first-order valence-corrected chi connectivity index (χ1v) is 6.88. The number of hydrogen-bond donors (Lipinski definition) is 1. The topological polar surface area (TPSA) is 55.1 Å². The zero-order valence-corrected chi connectivity index (χ0v) is 11.3. The third-order valence-corrected chi connectivity index (χ3v) is 3.74.